The van der Waals surface area contributed by atoms with Gasteiger partial charge >= 0.3 is 0 Å². The Balaban J connectivity index is 1.64. The van der Waals surface area contributed by atoms with Crippen LogP contribution in [0.25, 0.3) is 0 Å². The number of anilines is 1. The van der Waals surface area contributed by atoms with E-state index in [0.29, 0.717) is 11.8 Å². The molecule has 2 aliphatic carbocycles. The third-order valence-electron chi connectivity index (χ3n) is 4.97. The fourth-order valence-corrected chi connectivity index (χ4v) is 4.02. The largest absolute Gasteiger partial charge is 0.393 e. The molecule has 3 atom stereocenters. The van der Waals surface area contributed by atoms with E-state index >= 15 is 0 Å². The van der Waals surface area contributed by atoms with Gasteiger partial charge in [-0.2, -0.15) is 0 Å². The van der Waals surface area contributed by atoms with Crippen LogP contribution in [0, 0.1) is 11.8 Å². The molecule has 0 spiro atoms. The van der Waals surface area contributed by atoms with E-state index in [1.807, 2.05) is 0 Å². The second kappa shape index (κ2) is 3.92. The molecule has 1 saturated carbocycles. The van der Waals surface area contributed by atoms with Crippen molar-refractivity contribution in [2.45, 2.75) is 38.2 Å². The third-order valence-corrected chi connectivity index (χ3v) is 4.97. The maximum Gasteiger partial charge on any atom is 0.135 e. The second-order valence-corrected chi connectivity index (χ2v) is 5.95. The highest BCUT2D eigenvalue weighted by Crippen LogP contribution is 2.41. The average Bonchev–Trinajstić information content (AvgIpc) is 3.06. The van der Waals surface area contributed by atoms with Gasteiger partial charge in [-0.15, -0.1) is 0 Å². The smallest absolute Gasteiger partial charge is 0.135 e. The van der Waals surface area contributed by atoms with Crippen molar-refractivity contribution in [3.05, 3.63) is 17.6 Å². The molecule has 3 unspecified atom stereocenters. The molecule has 0 aromatic carbocycles. The summed E-state index contributed by atoms with van der Waals surface area (Å²) in [5.74, 6) is 2.29. The van der Waals surface area contributed by atoms with Gasteiger partial charge in [0.2, 0.25) is 0 Å². The van der Waals surface area contributed by atoms with Gasteiger partial charge in [0.15, 0.2) is 0 Å². The Kier molecular flexibility index (Phi) is 2.34. The summed E-state index contributed by atoms with van der Waals surface area (Å²) in [4.78, 5) is 11.3. The van der Waals surface area contributed by atoms with E-state index < -0.39 is 0 Å². The van der Waals surface area contributed by atoms with Crippen LogP contribution in [0.2, 0.25) is 0 Å². The fraction of sp³-hybridized carbons (Fsp3) is 0.714. The number of hydrogen-bond acceptors (Lipinski definition) is 4. The highest BCUT2D eigenvalue weighted by atomic mass is 16.3. The summed E-state index contributed by atoms with van der Waals surface area (Å²) in [7, 11) is 0. The van der Waals surface area contributed by atoms with Crippen molar-refractivity contribution in [2.75, 3.05) is 18.0 Å². The highest BCUT2D eigenvalue weighted by Gasteiger charge is 2.42. The van der Waals surface area contributed by atoms with Crippen LogP contribution in [-0.4, -0.2) is 34.3 Å². The molecule has 1 aliphatic heterocycles. The Bertz CT molecular complexity index is 476. The van der Waals surface area contributed by atoms with Crippen molar-refractivity contribution in [3.8, 4) is 0 Å². The van der Waals surface area contributed by atoms with E-state index in [-0.39, 0.29) is 6.10 Å². The number of aryl methyl sites for hydroxylation is 1. The maximum atomic E-state index is 10.00. The summed E-state index contributed by atoms with van der Waals surface area (Å²) in [6.07, 6.45) is 7.23. The molecule has 2 heterocycles. The summed E-state index contributed by atoms with van der Waals surface area (Å²) in [5, 5.41) is 10.00. The van der Waals surface area contributed by atoms with Gasteiger partial charge in [-0.3, -0.25) is 0 Å². The molecular formula is C14H19N3O. The van der Waals surface area contributed by atoms with Crippen LogP contribution in [0.4, 0.5) is 5.82 Å². The van der Waals surface area contributed by atoms with E-state index in [1.165, 1.54) is 24.1 Å². The van der Waals surface area contributed by atoms with E-state index in [0.717, 1.165) is 38.2 Å². The Labute approximate surface area is 107 Å². The molecule has 4 heteroatoms. The van der Waals surface area contributed by atoms with Gasteiger partial charge in [-0.05, 0) is 38.0 Å². The normalized spacial score (nSPS) is 33.8. The maximum absolute atomic E-state index is 10.00. The van der Waals surface area contributed by atoms with Gasteiger partial charge in [0.1, 0.15) is 12.1 Å². The monoisotopic (exact) mass is 245 g/mol. The molecule has 4 rings (SSSR count). The molecule has 1 aromatic rings. The zero-order valence-electron chi connectivity index (χ0n) is 10.5. The minimum atomic E-state index is -0.0881. The topological polar surface area (TPSA) is 49.2 Å². The minimum absolute atomic E-state index is 0.0881. The van der Waals surface area contributed by atoms with Crippen LogP contribution in [0.5, 0.6) is 0 Å². The van der Waals surface area contributed by atoms with E-state index in [9.17, 15) is 5.11 Å². The summed E-state index contributed by atoms with van der Waals surface area (Å²) in [6.45, 7) is 2.06. The molecule has 96 valence electrons. The molecule has 1 saturated heterocycles. The average molecular weight is 245 g/mol. The second-order valence-electron chi connectivity index (χ2n) is 5.95. The van der Waals surface area contributed by atoms with Crippen molar-refractivity contribution in [2.24, 2.45) is 11.8 Å². The molecule has 0 amide bonds. The lowest BCUT2D eigenvalue weighted by atomic mass is 10.00. The zero-order chi connectivity index (χ0) is 12.1. The van der Waals surface area contributed by atoms with Gasteiger partial charge in [0.05, 0.1) is 6.10 Å². The Morgan fingerprint density at radius 2 is 2.11 bits per heavy atom. The lowest BCUT2D eigenvalue weighted by Crippen LogP contribution is -2.26. The third kappa shape index (κ3) is 1.48. The number of rotatable bonds is 1. The summed E-state index contributed by atoms with van der Waals surface area (Å²) in [5.41, 5.74) is 2.62. The van der Waals surface area contributed by atoms with Gasteiger partial charge in [-0.25, -0.2) is 9.97 Å². The summed E-state index contributed by atoms with van der Waals surface area (Å²) < 4.78 is 0. The van der Waals surface area contributed by atoms with Crippen LogP contribution in [0.1, 0.15) is 30.5 Å². The lowest BCUT2D eigenvalue weighted by Gasteiger charge is -2.21. The van der Waals surface area contributed by atoms with Crippen LogP contribution in [0.3, 0.4) is 0 Å². The molecule has 0 bridgehead atoms. The fourth-order valence-electron chi connectivity index (χ4n) is 4.02. The van der Waals surface area contributed by atoms with E-state index in [2.05, 4.69) is 14.9 Å². The van der Waals surface area contributed by atoms with Crippen molar-refractivity contribution < 1.29 is 5.11 Å². The van der Waals surface area contributed by atoms with Crippen molar-refractivity contribution in [1.82, 2.24) is 9.97 Å². The molecule has 3 aliphatic rings. The molecule has 4 nitrogen and oxygen atoms in total. The van der Waals surface area contributed by atoms with Gasteiger partial charge in [-0.1, -0.05) is 0 Å². The van der Waals surface area contributed by atoms with Gasteiger partial charge in [0, 0.05) is 30.3 Å². The molecule has 18 heavy (non-hydrogen) atoms. The number of hydrogen-bond donors (Lipinski definition) is 1. The minimum Gasteiger partial charge on any atom is -0.393 e. The zero-order valence-corrected chi connectivity index (χ0v) is 10.5. The van der Waals surface area contributed by atoms with Gasteiger partial charge in [0.25, 0.3) is 0 Å². The van der Waals surface area contributed by atoms with Gasteiger partial charge < -0.3 is 10.0 Å². The van der Waals surface area contributed by atoms with Crippen molar-refractivity contribution in [3.63, 3.8) is 0 Å². The standard InChI is InChI=1S/C14H19N3O/c18-13-5-4-9-6-17(7-11(9)13)14-10-2-1-3-12(10)15-8-16-14/h8-9,11,13,18H,1-7H2. The first-order valence-electron chi connectivity index (χ1n) is 7.08. The molecule has 1 N–H and O–H groups in total. The first kappa shape index (κ1) is 10.7. The predicted octanol–water partition coefficient (Wildman–Crippen LogP) is 1.17. The molecular weight excluding hydrogens is 226 g/mol. The number of aromatic nitrogens is 2. The first-order valence-corrected chi connectivity index (χ1v) is 7.08. The number of nitrogens with zero attached hydrogens (tertiary/aromatic N) is 3. The van der Waals surface area contributed by atoms with Crippen LogP contribution in [0.15, 0.2) is 6.33 Å². The first-order chi connectivity index (χ1) is 8.83. The van der Waals surface area contributed by atoms with Crippen LogP contribution < -0.4 is 4.90 Å². The van der Waals surface area contributed by atoms with Crippen LogP contribution >= 0.6 is 0 Å². The molecule has 0 radical (unpaired) electrons. The number of aliphatic hydroxyl groups excluding tert-OH is 1. The number of fused-ring (bicyclic) bond motifs is 2. The predicted molar refractivity (Wildman–Crippen MR) is 68.5 cm³/mol. The Hall–Kier alpha value is -1.16. The molecule has 2 fully saturated rings. The lowest BCUT2D eigenvalue weighted by molar-refractivity contribution is 0.133. The quantitative estimate of drug-likeness (QED) is 0.807. The summed E-state index contributed by atoms with van der Waals surface area (Å²) in [6, 6.07) is 0. The van der Waals surface area contributed by atoms with E-state index in [4.69, 9.17) is 0 Å². The molecule has 1 aromatic heterocycles. The summed E-state index contributed by atoms with van der Waals surface area (Å²) >= 11 is 0. The van der Waals surface area contributed by atoms with Crippen LogP contribution in [-0.2, 0) is 12.8 Å². The van der Waals surface area contributed by atoms with Crippen molar-refractivity contribution in [1.29, 1.82) is 0 Å². The SMILES string of the molecule is OC1CCC2CN(c3ncnc4c3CCC4)CC12. The highest BCUT2D eigenvalue weighted by molar-refractivity contribution is 5.51. The van der Waals surface area contributed by atoms with Crippen molar-refractivity contribution >= 4 is 5.82 Å². The van der Waals surface area contributed by atoms with E-state index in [1.54, 1.807) is 6.33 Å². The number of aliphatic hydroxyl groups is 1. The Morgan fingerprint density at radius 3 is 3.00 bits per heavy atom. The Morgan fingerprint density at radius 1 is 1.17 bits per heavy atom.